The number of carbonyl (C=O) groups excluding carboxylic acids is 1. The molecule has 0 saturated carbocycles. The van der Waals surface area contributed by atoms with Gasteiger partial charge in [-0.25, -0.2) is 9.07 Å². The molecule has 4 nitrogen and oxygen atoms in total. The molecular weight excluding hydrogens is 305 g/mol. The molecule has 3 aromatic rings. The topological polar surface area (TPSA) is 46.9 Å². The lowest BCUT2D eigenvalue weighted by molar-refractivity contribution is -0.120. The SMILES string of the molecule is O=C(Cc1cnn(-c2ccccc2)c1)NCCc1ccc(F)cc1. The molecular formula is C19H18FN3O. The minimum absolute atomic E-state index is 0.0512. The summed E-state index contributed by atoms with van der Waals surface area (Å²) in [5.74, 6) is -0.303. The van der Waals surface area contributed by atoms with E-state index in [1.54, 1.807) is 23.0 Å². The van der Waals surface area contributed by atoms with Crippen molar-refractivity contribution in [3.05, 3.63) is 83.9 Å². The van der Waals surface area contributed by atoms with Crippen molar-refractivity contribution < 1.29 is 9.18 Å². The maximum Gasteiger partial charge on any atom is 0.224 e. The molecule has 24 heavy (non-hydrogen) atoms. The van der Waals surface area contributed by atoms with Crippen LogP contribution in [0.15, 0.2) is 67.0 Å². The van der Waals surface area contributed by atoms with Gasteiger partial charge >= 0.3 is 0 Å². The Bertz CT molecular complexity index is 797. The number of hydrogen-bond donors (Lipinski definition) is 1. The Kier molecular flexibility index (Phi) is 5.01. The first kappa shape index (κ1) is 15.9. The van der Waals surface area contributed by atoms with Crippen LogP contribution < -0.4 is 5.32 Å². The van der Waals surface area contributed by atoms with Crippen LogP contribution in [0.5, 0.6) is 0 Å². The van der Waals surface area contributed by atoms with E-state index in [-0.39, 0.29) is 18.1 Å². The van der Waals surface area contributed by atoms with Crippen molar-refractivity contribution in [2.24, 2.45) is 0 Å². The second kappa shape index (κ2) is 7.55. The highest BCUT2D eigenvalue weighted by atomic mass is 19.1. The molecule has 0 atom stereocenters. The second-order valence-corrected chi connectivity index (χ2v) is 5.53. The molecule has 1 amide bonds. The zero-order valence-corrected chi connectivity index (χ0v) is 13.2. The second-order valence-electron chi connectivity index (χ2n) is 5.53. The summed E-state index contributed by atoms with van der Waals surface area (Å²) in [6.07, 6.45) is 4.52. The van der Waals surface area contributed by atoms with Crippen LogP contribution in [0.2, 0.25) is 0 Å². The van der Waals surface area contributed by atoms with E-state index in [0.717, 1.165) is 16.8 Å². The number of hydrogen-bond acceptors (Lipinski definition) is 2. The smallest absolute Gasteiger partial charge is 0.224 e. The van der Waals surface area contributed by atoms with Gasteiger partial charge in [0.05, 0.1) is 18.3 Å². The van der Waals surface area contributed by atoms with Crippen LogP contribution in [0, 0.1) is 5.82 Å². The zero-order valence-electron chi connectivity index (χ0n) is 13.2. The van der Waals surface area contributed by atoms with Crippen LogP contribution in [0.4, 0.5) is 4.39 Å². The van der Waals surface area contributed by atoms with Gasteiger partial charge in [-0.3, -0.25) is 4.79 Å². The molecule has 0 saturated heterocycles. The Hall–Kier alpha value is -2.95. The lowest BCUT2D eigenvalue weighted by Gasteiger charge is -2.04. The predicted octanol–water partition coefficient (Wildman–Crippen LogP) is 2.91. The Morgan fingerprint density at radius 1 is 1.04 bits per heavy atom. The molecule has 0 unspecified atom stereocenters. The Morgan fingerprint density at radius 2 is 1.79 bits per heavy atom. The summed E-state index contributed by atoms with van der Waals surface area (Å²) < 4.78 is 14.6. The molecule has 1 aromatic heterocycles. The summed E-state index contributed by atoms with van der Waals surface area (Å²) in [5, 5.41) is 7.15. The van der Waals surface area contributed by atoms with E-state index in [1.165, 1.54) is 12.1 Å². The van der Waals surface area contributed by atoms with Gasteiger partial charge in [0.2, 0.25) is 5.91 Å². The first-order chi connectivity index (χ1) is 11.7. The molecule has 0 aliphatic carbocycles. The van der Waals surface area contributed by atoms with E-state index >= 15 is 0 Å². The monoisotopic (exact) mass is 323 g/mol. The average molecular weight is 323 g/mol. The summed E-state index contributed by atoms with van der Waals surface area (Å²) in [6, 6.07) is 16.1. The molecule has 1 heterocycles. The number of rotatable bonds is 6. The van der Waals surface area contributed by atoms with E-state index in [2.05, 4.69) is 10.4 Å². The van der Waals surface area contributed by atoms with Gasteiger partial charge in [0.15, 0.2) is 0 Å². The predicted molar refractivity (Wildman–Crippen MR) is 90.4 cm³/mol. The number of benzene rings is 2. The van der Waals surface area contributed by atoms with Gasteiger partial charge in [-0.1, -0.05) is 30.3 Å². The maximum absolute atomic E-state index is 12.8. The summed E-state index contributed by atoms with van der Waals surface area (Å²) in [6.45, 7) is 0.525. The number of amides is 1. The van der Waals surface area contributed by atoms with Crippen LogP contribution in [-0.2, 0) is 17.6 Å². The van der Waals surface area contributed by atoms with E-state index in [9.17, 15) is 9.18 Å². The van der Waals surface area contributed by atoms with Crippen molar-refractivity contribution in [1.82, 2.24) is 15.1 Å². The molecule has 0 aliphatic heterocycles. The molecule has 3 rings (SSSR count). The van der Waals surface area contributed by atoms with Crippen LogP contribution >= 0.6 is 0 Å². The summed E-state index contributed by atoms with van der Waals surface area (Å²) in [5.41, 5.74) is 2.81. The minimum atomic E-state index is -0.252. The third-order valence-electron chi connectivity index (χ3n) is 3.67. The van der Waals surface area contributed by atoms with E-state index in [0.29, 0.717) is 13.0 Å². The van der Waals surface area contributed by atoms with Gasteiger partial charge in [-0.2, -0.15) is 5.10 Å². The van der Waals surface area contributed by atoms with Crippen molar-refractivity contribution in [2.45, 2.75) is 12.8 Å². The average Bonchev–Trinajstić information content (AvgIpc) is 3.06. The molecule has 122 valence electrons. The lowest BCUT2D eigenvalue weighted by Crippen LogP contribution is -2.27. The molecule has 0 fully saturated rings. The van der Waals surface area contributed by atoms with Crippen molar-refractivity contribution in [1.29, 1.82) is 0 Å². The van der Waals surface area contributed by atoms with Gasteiger partial charge in [-0.15, -0.1) is 0 Å². The first-order valence-corrected chi connectivity index (χ1v) is 7.81. The highest BCUT2D eigenvalue weighted by molar-refractivity contribution is 5.78. The van der Waals surface area contributed by atoms with E-state index < -0.39 is 0 Å². The van der Waals surface area contributed by atoms with Gasteiger partial charge in [0, 0.05) is 12.7 Å². The third kappa shape index (κ3) is 4.29. The van der Waals surface area contributed by atoms with Crippen molar-refractivity contribution >= 4 is 5.91 Å². The van der Waals surface area contributed by atoms with Gasteiger partial charge in [-0.05, 0) is 41.8 Å². The zero-order chi connectivity index (χ0) is 16.8. The summed E-state index contributed by atoms with van der Waals surface area (Å²) >= 11 is 0. The minimum Gasteiger partial charge on any atom is -0.355 e. The fourth-order valence-corrected chi connectivity index (χ4v) is 2.42. The Morgan fingerprint density at radius 3 is 2.54 bits per heavy atom. The third-order valence-corrected chi connectivity index (χ3v) is 3.67. The van der Waals surface area contributed by atoms with Gasteiger partial charge in [0.1, 0.15) is 5.82 Å². The van der Waals surface area contributed by atoms with E-state index in [1.807, 2.05) is 36.5 Å². The first-order valence-electron chi connectivity index (χ1n) is 7.81. The number of nitrogens with zero attached hydrogens (tertiary/aromatic N) is 2. The molecule has 0 bridgehead atoms. The number of nitrogens with one attached hydrogen (secondary N) is 1. The van der Waals surface area contributed by atoms with Gasteiger partial charge < -0.3 is 5.32 Å². The quantitative estimate of drug-likeness (QED) is 0.758. The molecule has 5 heteroatoms. The number of carbonyl (C=O) groups is 1. The van der Waals surface area contributed by atoms with Crippen LogP contribution in [0.25, 0.3) is 5.69 Å². The van der Waals surface area contributed by atoms with Crippen LogP contribution in [-0.4, -0.2) is 22.2 Å². The highest BCUT2D eigenvalue weighted by Gasteiger charge is 2.06. The fourth-order valence-electron chi connectivity index (χ4n) is 2.42. The fraction of sp³-hybridized carbons (Fsp3) is 0.158. The molecule has 0 spiro atoms. The Balaban J connectivity index is 1.48. The largest absolute Gasteiger partial charge is 0.355 e. The molecule has 2 aromatic carbocycles. The number of aromatic nitrogens is 2. The van der Waals surface area contributed by atoms with Crippen LogP contribution in [0.3, 0.4) is 0 Å². The van der Waals surface area contributed by atoms with E-state index in [4.69, 9.17) is 0 Å². The highest BCUT2D eigenvalue weighted by Crippen LogP contribution is 2.08. The molecule has 1 N–H and O–H groups in total. The lowest BCUT2D eigenvalue weighted by atomic mass is 10.1. The normalized spacial score (nSPS) is 10.5. The van der Waals surface area contributed by atoms with Crippen molar-refractivity contribution in [3.63, 3.8) is 0 Å². The standard InChI is InChI=1S/C19H18FN3O/c20-17-8-6-15(7-9-17)10-11-21-19(24)12-16-13-22-23(14-16)18-4-2-1-3-5-18/h1-9,13-14H,10-12H2,(H,21,24). The van der Waals surface area contributed by atoms with Crippen molar-refractivity contribution in [3.8, 4) is 5.69 Å². The Labute approximate surface area is 139 Å². The maximum atomic E-state index is 12.8. The molecule has 0 radical (unpaired) electrons. The van der Waals surface area contributed by atoms with Crippen LogP contribution in [0.1, 0.15) is 11.1 Å². The summed E-state index contributed by atoms with van der Waals surface area (Å²) in [4.78, 5) is 12.0. The van der Waals surface area contributed by atoms with Gasteiger partial charge in [0.25, 0.3) is 0 Å². The number of para-hydroxylation sites is 1. The summed E-state index contributed by atoms with van der Waals surface area (Å²) in [7, 11) is 0. The van der Waals surface area contributed by atoms with Crippen molar-refractivity contribution in [2.75, 3.05) is 6.54 Å². The number of halogens is 1. The molecule has 0 aliphatic rings.